The summed E-state index contributed by atoms with van der Waals surface area (Å²) in [6, 6.07) is 3.43. The smallest absolute Gasteiger partial charge is 0.337 e. The summed E-state index contributed by atoms with van der Waals surface area (Å²) in [5.41, 5.74) is 1.18. The second kappa shape index (κ2) is 5.71. The van der Waals surface area contributed by atoms with Crippen LogP contribution in [0, 0.1) is 0 Å². The zero-order valence-electron chi connectivity index (χ0n) is 10.7. The number of hydrogen-bond donors (Lipinski definition) is 1. The number of carbonyl (C=O) groups is 1. The molecule has 0 aliphatic carbocycles. The summed E-state index contributed by atoms with van der Waals surface area (Å²) in [4.78, 5) is 17.3. The molecule has 0 saturated carbocycles. The highest BCUT2D eigenvalue weighted by Gasteiger charge is 2.22. The maximum Gasteiger partial charge on any atom is 0.337 e. The Bertz CT molecular complexity index is 412. The first kappa shape index (κ1) is 13.4. The summed E-state index contributed by atoms with van der Waals surface area (Å²) >= 11 is 2.02. The number of nitrogens with zero attached hydrogens (tertiary/aromatic N) is 2. The van der Waals surface area contributed by atoms with Crippen molar-refractivity contribution in [3.63, 3.8) is 0 Å². The summed E-state index contributed by atoms with van der Waals surface area (Å²) in [7, 11) is 0. The highest BCUT2D eigenvalue weighted by Crippen LogP contribution is 2.25. The second-order valence-corrected chi connectivity index (χ2v) is 6.68. The van der Waals surface area contributed by atoms with Gasteiger partial charge in [0.2, 0.25) is 0 Å². The Labute approximate surface area is 111 Å². The Morgan fingerprint density at radius 1 is 1.44 bits per heavy atom. The first-order chi connectivity index (χ1) is 8.54. The monoisotopic (exact) mass is 266 g/mol. The van der Waals surface area contributed by atoms with Gasteiger partial charge < -0.3 is 5.11 Å². The molecule has 1 N–H and O–H groups in total. The summed E-state index contributed by atoms with van der Waals surface area (Å²) in [6.45, 7) is 7.42. The van der Waals surface area contributed by atoms with E-state index in [0.29, 0.717) is 10.5 Å². The molecule has 2 rings (SSSR count). The molecule has 4 nitrogen and oxygen atoms in total. The van der Waals surface area contributed by atoms with E-state index in [1.54, 1.807) is 12.1 Å². The average Bonchev–Trinajstić information content (AvgIpc) is 2.28. The first-order valence-electron chi connectivity index (χ1n) is 6.10. The molecule has 2 heterocycles. The fourth-order valence-electron chi connectivity index (χ4n) is 2.29. The van der Waals surface area contributed by atoms with E-state index in [1.807, 2.05) is 11.8 Å². The van der Waals surface area contributed by atoms with Crippen LogP contribution in [0.3, 0.4) is 0 Å². The van der Waals surface area contributed by atoms with Gasteiger partial charge in [0.05, 0.1) is 11.3 Å². The third kappa shape index (κ3) is 3.46. The van der Waals surface area contributed by atoms with Crippen LogP contribution in [0.25, 0.3) is 0 Å². The van der Waals surface area contributed by atoms with Crippen LogP contribution in [0.2, 0.25) is 0 Å². The molecule has 0 spiro atoms. The van der Waals surface area contributed by atoms with Gasteiger partial charge in [-0.15, -0.1) is 0 Å². The lowest BCUT2D eigenvalue weighted by atomic mass is 10.2. The molecule has 1 saturated heterocycles. The third-order valence-corrected chi connectivity index (χ3v) is 4.18. The minimum Gasteiger partial charge on any atom is -0.478 e. The third-order valence-electron chi connectivity index (χ3n) is 2.95. The predicted molar refractivity (Wildman–Crippen MR) is 73.0 cm³/mol. The number of aromatic nitrogens is 1. The van der Waals surface area contributed by atoms with Crippen LogP contribution in [-0.2, 0) is 6.54 Å². The Morgan fingerprint density at radius 3 is 2.61 bits per heavy atom. The van der Waals surface area contributed by atoms with Gasteiger partial charge in [0.15, 0.2) is 0 Å². The maximum absolute atomic E-state index is 10.7. The summed E-state index contributed by atoms with van der Waals surface area (Å²) < 4.78 is 0. The zero-order chi connectivity index (χ0) is 13.1. The molecule has 1 aromatic rings. The largest absolute Gasteiger partial charge is 0.478 e. The van der Waals surface area contributed by atoms with E-state index in [1.165, 1.54) is 6.20 Å². The summed E-state index contributed by atoms with van der Waals surface area (Å²) in [5.74, 6) is -0.925. The van der Waals surface area contributed by atoms with Crippen molar-refractivity contribution < 1.29 is 9.90 Å². The van der Waals surface area contributed by atoms with Gasteiger partial charge in [-0.3, -0.25) is 9.88 Å². The van der Waals surface area contributed by atoms with E-state index < -0.39 is 5.97 Å². The number of pyridine rings is 1. The number of aromatic carboxylic acids is 1. The predicted octanol–water partition coefficient (Wildman–Crippen LogP) is 2.11. The Morgan fingerprint density at radius 2 is 2.11 bits per heavy atom. The van der Waals surface area contributed by atoms with E-state index in [-0.39, 0.29) is 5.56 Å². The highest BCUT2D eigenvalue weighted by atomic mass is 32.2. The highest BCUT2D eigenvalue weighted by molar-refractivity contribution is 8.00. The Hall–Kier alpha value is -1.07. The molecule has 5 heteroatoms. The van der Waals surface area contributed by atoms with Crippen molar-refractivity contribution in [3.05, 3.63) is 29.6 Å². The van der Waals surface area contributed by atoms with Crippen LogP contribution in [0.5, 0.6) is 0 Å². The van der Waals surface area contributed by atoms with E-state index in [9.17, 15) is 4.79 Å². The van der Waals surface area contributed by atoms with Gasteiger partial charge in [0.1, 0.15) is 0 Å². The lowest BCUT2D eigenvalue weighted by molar-refractivity contribution is 0.0696. The van der Waals surface area contributed by atoms with Gasteiger partial charge in [-0.1, -0.05) is 13.8 Å². The van der Waals surface area contributed by atoms with Crippen molar-refractivity contribution in [2.24, 2.45) is 0 Å². The van der Waals surface area contributed by atoms with E-state index in [2.05, 4.69) is 23.7 Å². The molecule has 0 aromatic carbocycles. The topological polar surface area (TPSA) is 53.4 Å². The number of rotatable bonds is 3. The van der Waals surface area contributed by atoms with Crippen molar-refractivity contribution in [2.75, 3.05) is 13.1 Å². The molecule has 0 radical (unpaired) electrons. The molecular weight excluding hydrogens is 248 g/mol. The summed E-state index contributed by atoms with van der Waals surface area (Å²) in [5, 5.41) is 10.1. The normalized spacial score (nSPS) is 25.0. The van der Waals surface area contributed by atoms with Crippen LogP contribution in [0.15, 0.2) is 18.3 Å². The zero-order valence-corrected chi connectivity index (χ0v) is 11.5. The van der Waals surface area contributed by atoms with Crippen molar-refractivity contribution in [3.8, 4) is 0 Å². The first-order valence-corrected chi connectivity index (χ1v) is 7.05. The van der Waals surface area contributed by atoms with E-state index >= 15 is 0 Å². The minimum absolute atomic E-state index is 0.245. The van der Waals surface area contributed by atoms with Crippen molar-refractivity contribution in [1.82, 2.24) is 9.88 Å². The average molecular weight is 266 g/mol. The van der Waals surface area contributed by atoms with Gasteiger partial charge in [-0.05, 0) is 12.1 Å². The molecule has 0 bridgehead atoms. The standard InChI is InChI=1S/C13H18N2O2S/c1-9-6-15(7-10(2)18-9)8-12-4-3-11(5-14-12)13(16)17/h3-5,9-10H,6-8H2,1-2H3,(H,16,17). The van der Waals surface area contributed by atoms with E-state index in [4.69, 9.17) is 5.11 Å². The minimum atomic E-state index is -0.925. The van der Waals surface area contributed by atoms with Crippen molar-refractivity contribution in [2.45, 2.75) is 30.9 Å². The molecule has 18 heavy (non-hydrogen) atoms. The Balaban J connectivity index is 1.98. The van der Waals surface area contributed by atoms with Gasteiger partial charge in [-0.2, -0.15) is 11.8 Å². The van der Waals surface area contributed by atoms with Gasteiger partial charge in [0, 0.05) is 36.3 Å². The molecule has 1 fully saturated rings. The molecule has 2 atom stereocenters. The van der Waals surface area contributed by atoms with Gasteiger partial charge in [0.25, 0.3) is 0 Å². The number of thioether (sulfide) groups is 1. The molecule has 1 aliphatic rings. The summed E-state index contributed by atoms with van der Waals surface area (Å²) in [6.07, 6.45) is 1.43. The van der Waals surface area contributed by atoms with Crippen LogP contribution < -0.4 is 0 Å². The molecule has 1 aromatic heterocycles. The van der Waals surface area contributed by atoms with Crippen LogP contribution >= 0.6 is 11.8 Å². The van der Waals surface area contributed by atoms with Gasteiger partial charge >= 0.3 is 5.97 Å². The van der Waals surface area contributed by atoms with Crippen LogP contribution in [0.1, 0.15) is 29.9 Å². The molecule has 2 unspecified atom stereocenters. The molecule has 1 aliphatic heterocycles. The number of carboxylic acid groups (broad SMARTS) is 1. The fraction of sp³-hybridized carbons (Fsp3) is 0.538. The van der Waals surface area contributed by atoms with Gasteiger partial charge in [-0.25, -0.2) is 4.79 Å². The van der Waals surface area contributed by atoms with E-state index in [0.717, 1.165) is 25.3 Å². The molecule has 98 valence electrons. The fourth-order valence-corrected chi connectivity index (χ4v) is 3.67. The van der Waals surface area contributed by atoms with Crippen LogP contribution in [0.4, 0.5) is 0 Å². The quantitative estimate of drug-likeness (QED) is 0.908. The van der Waals surface area contributed by atoms with Crippen LogP contribution in [-0.4, -0.2) is 44.5 Å². The maximum atomic E-state index is 10.7. The van der Waals surface area contributed by atoms with Crippen molar-refractivity contribution >= 4 is 17.7 Å². The SMILES string of the molecule is CC1CN(Cc2ccc(C(=O)O)cn2)CC(C)S1. The molecule has 0 amide bonds. The molecular formula is C13H18N2O2S. The Kier molecular flexibility index (Phi) is 4.24. The lowest BCUT2D eigenvalue weighted by Gasteiger charge is -2.34. The second-order valence-electron chi connectivity index (χ2n) is 4.79. The lowest BCUT2D eigenvalue weighted by Crippen LogP contribution is -2.39. The number of hydrogen-bond acceptors (Lipinski definition) is 4. The number of carboxylic acids is 1. The van der Waals surface area contributed by atoms with Crippen molar-refractivity contribution in [1.29, 1.82) is 0 Å².